The first-order chi connectivity index (χ1) is 16.5. The molecule has 2 atom stereocenters. The summed E-state index contributed by atoms with van der Waals surface area (Å²) in [5.41, 5.74) is 1.49. The summed E-state index contributed by atoms with van der Waals surface area (Å²) in [7, 11) is 0. The van der Waals surface area contributed by atoms with Crippen LogP contribution in [0.1, 0.15) is 54.7 Å². The van der Waals surface area contributed by atoms with Crippen molar-refractivity contribution in [2.75, 3.05) is 18.4 Å². The third kappa shape index (κ3) is 6.59. The number of hydrogen-bond acceptors (Lipinski definition) is 5. The molecule has 9 nitrogen and oxygen atoms in total. The van der Waals surface area contributed by atoms with Crippen molar-refractivity contribution in [1.82, 2.24) is 10.2 Å². The van der Waals surface area contributed by atoms with Gasteiger partial charge in [0.1, 0.15) is 5.60 Å². The number of carboxylic acid groups (broad SMARTS) is 1. The number of rotatable bonds is 6. The number of esters is 1. The van der Waals surface area contributed by atoms with Crippen molar-refractivity contribution in [3.05, 3.63) is 65.2 Å². The number of benzene rings is 2. The van der Waals surface area contributed by atoms with Crippen molar-refractivity contribution in [2.45, 2.75) is 45.8 Å². The second kappa shape index (κ2) is 10.6. The van der Waals surface area contributed by atoms with Gasteiger partial charge < -0.3 is 25.4 Å². The van der Waals surface area contributed by atoms with E-state index in [1.54, 1.807) is 31.7 Å². The van der Waals surface area contributed by atoms with Crippen molar-refractivity contribution in [3.8, 4) is 0 Å². The van der Waals surface area contributed by atoms with Gasteiger partial charge in [-0.15, -0.1) is 0 Å². The molecule has 1 aliphatic heterocycles. The highest BCUT2D eigenvalue weighted by atomic mass is 16.6. The average Bonchev–Trinajstić information content (AvgIpc) is 3.22. The average molecular weight is 482 g/mol. The molecule has 0 saturated carbocycles. The van der Waals surface area contributed by atoms with Gasteiger partial charge in [0, 0.05) is 12.2 Å². The van der Waals surface area contributed by atoms with Crippen LogP contribution in [0.3, 0.4) is 0 Å². The van der Waals surface area contributed by atoms with Crippen LogP contribution in [0.4, 0.5) is 10.5 Å². The number of carbonyl (C=O) groups is 4. The van der Waals surface area contributed by atoms with E-state index in [1.165, 1.54) is 18.2 Å². The summed E-state index contributed by atoms with van der Waals surface area (Å²) >= 11 is 0. The lowest BCUT2D eigenvalue weighted by Crippen LogP contribution is -2.42. The first-order valence-electron chi connectivity index (χ1n) is 11.4. The molecule has 2 aromatic rings. The lowest BCUT2D eigenvalue weighted by atomic mass is 9.90. The maximum absolute atomic E-state index is 13.1. The molecule has 3 rings (SSSR count). The zero-order valence-corrected chi connectivity index (χ0v) is 20.3. The largest absolute Gasteiger partial charge is 0.478 e. The molecule has 186 valence electrons. The standard InChI is InChI=1S/C26H31N3O6/c1-16-8-5-6-11-19(16)22-20(24(33)35-26(2,3)4)12-13-29(22)21(30)15-27-25(34)28-18-10-7-9-17(14-18)23(31)32/h5-11,14,20,22H,12-13,15H2,1-4H3,(H,31,32)(H2,27,28,34). The zero-order chi connectivity index (χ0) is 25.8. The molecule has 1 saturated heterocycles. The molecule has 3 N–H and O–H groups in total. The Labute approximate surface area is 204 Å². The number of aryl methyl sites for hydroxylation is 1. The van der Waals surface area contributed by atoms with Gasteiger partial charge in [0.25, 0.3) is 0 Å². The fourth-order valence-corrected chi connectivity index (χ4v) is 4.16. The fraction of sp³-hybridized carbons (Fsp3) is 0.385. The third-order valence-corrected chi connectivity index (χ3v) is 5.70. The summed E-state index contributed by atoms with van der Waals surface area (Å²) in [6, 6.07) is 12.2. The van der Waals surface area contributed by atoms with E-state index < -0.39 is 29.6 Å². The molecule has 0 aromatic heterocycles. The number of carboxylic acids is 1. The molecular formula is C26H31N3O6. The molecule has 3 amide bonds. The number of nitrogens with zero attached hydrogens (tertiary/aromatic N) is 1. The van der Waals surface area contributed by atoms with E-state index in [4.69, 9.17) is 9.84 Å². The molecule has 1 fully saturated rings. The molecule has 1 heterocycles. The summed E-state index contributed by atoms with van der Waals surface area (Å²) in [5, 5.41) is 14.1. The maximum Gasteiger partial charge on any atom is 0.335 e. The van der Waals surface area contributed by atoms with Gasteiger partial charge in [0.2, 0.25) is 5.91 Å². The molecule has 9 heteroatoms. The number of urea groups is 1. The minimum absolute atomic E-state index is 0.0326. The van der Waals surface area contributed by atoms with Gasteiger partial charge in [-0.05, 0) is 63.4 Å². The number of amides is 3. The Morgan fingerprint density at radius 3 is 2.46 bits per heavy atom. The van der Waals surface area contributed by atoms with Crippen LogP contribution in [0, 0.1) is 12.8 Å². The van der Waals surface area contributed by atoms with Crippen LogP contribution in [0.25, 0.3) is 0 Å². The van der Waals surface area contributed by atoms with Gasteiger partial charge in [0.05, 0.1) is 24.1 Å². The highest BCUT2D eigenvalue weighted by Gasteiger charge is 2.44. The maximum atomic E-state index is 13.1. The summed E-state index contributed by atoms with van der Waals surface area (Å²) in [5.74, 6) is -2.32. The van der Waals surface area contributed by atoms with Crippen LogP contribution in [-0.4, -0.2) is 52.6 Å². The van der Waals surface area contributed by atoms with Crippen LogP contribution < -0.4 is 10.6 Å². The Bertz CT molecular complexity index is 1120. The lowest BCUT2D eigenvalue weighted by molar-refractivity contribution is -0.161. The van der Waals surface area contributed by atoms with Crippen LogP contribution in [0.5, 0.6) is 0 Å². The first kappa shape index (κ1) is 25.7. The molecule has 35 heavy (non-hydrogen) atoms. The number of carbonyl (C=O) groups excluding carboxylic acids is 3. The molecule has 0 aliphatic carbocycles. The Kier molecular flexibility index (Phi) is 7.78. The number of ether oxygens (including phenoxy) is 1. The Hall–Kier alpha value is -3.88. The Balaban J connectivity index is 1.72. The van der Waals surface area contributed by atoms with Crippen molar-refractivity contribution < 1.29 is 29.0 Å². The third-order valence-electron chi connectivity index (χ3n) is 5.70. The zero-order valence-electron chi connectivity index (χ0n) is 20.3. The van der Waals surface area contributed by atoms with E-state index in [9.17, 15) is 19.2 Å². The van der Waals surface area contributed by atoms with Gasteiger partial charge in [-0.25, -0.2) is 9.59 Å². The van der Waals surface area contributed by atoms with Gasteiger partial charge in [-0.3, -0.25) is 9.59 Å². The molecule has 2 aromatic carbocycles. The van der Waals surface area contributed by atoms with E-state index >= 15 is 0 Å². The van der Waals surface area contributed by atoms with Gasteiger partial charge >= 0.3 is 18.0 Å². The Morgan fingerprint density at radius 2 is 1.80 bits per heavy atom. The first-order valence-corrected chi connectivity index (χ1v) is 11.4. The summed E-state index contributed by atoms with van der Waals surface area (Å²) in [4.78, 5) is 51.2. The number of aromatic carboxylic acids is 1. The van der Waals surface area contributed by atoms with Crippen molar-refractivity contribution in [3.63, 3.8) is 0 Å². The van der Waals surface area contributed by atoms with Gasteiger partial charge in [-0.2, -0.15) is 0 Å². The minimum Gasteiger partial charge on any atom is -0.478 e. The molecule has 0 spiro atoms. The normalized spacial score (nSPS) is 17.5. The SMILES string of the molecule is Cc1ccccc1C1C(C(=O)OC(C)(C)C)CCN1C(=O)CNC(=O)Nc1cccc(C(=O)O)c1. The van der Waals surface area contributed by atoms with Crippen molar-refractivity contribution >= 4 is 29.6 Å². The van der Waals surface area contributed by atoms with Crippen molar-refractivity contribution in [2.24, 2.45) is 5.92 Å². The van der Waals surface area contributed by atoms with E-state index in [0.29, 0.717) is 18.7 Å². The highest BCUT2D eigenvalue weighted by Crippen LogP contribution is 2.40. The van der Waals surface area contributed by atoms with E-state index in [2.05, 4.69) is 10.6 Å². The lowest BCUT2D eigenvalue weighted by Gasteiger charge is -2.30. The Morgan fingerprint density at radius 1 is 1.09 bits per heavy atom. The molecule has 0 radical (unpaired) electrons. The minimum atomic E-state index is -1.11. The second-order valence-corrected chi connectivity index (χ2v) is 9.51. The van der Waals surface area contributed by atoms with Crippen LogP contribution in [0.2, 0.25) is 0 Å². The predicted molar refractivity (Wildman–Crippen MR) is 130 cm³/mol. The molecule has 1 aliphatic rings. The number of hydrogen-bond donors (Lipinski definition) is 3. The number of anilines is 1. The van der Waals surface area contributed by atoms with E-state index in [0.717, 1.165) is 11.1 Å². The van der Waals surface area contributed by atoms with Crippen molar-refractivity contribution in [1.29, 1.82) is 0 Å². The van der Waals surface area contributed by atoms with Gasteiger partial charge in [-0.1, -0.05) is 30.3 Å². The van der Waals surface area contributed by atoms with Crippen LogP contribution in [-0.2, 0) is 14.3 Å². The smallest absolute Gasteiger partial charge is 0.335 e. The van der Waals surface area contributed by atoms with Crippen LogP contribution >= 0.6 is 0 Å². The topological polar surface area (TPSA) is 125 Å². The fourth-order valence-electron chi connectivity index (χ4n) is 4.16. The second-order valence-electron chi connectivity index (χ2n) is 9.51. The summed E-state index contributed by atoms with van der Waals surface area (Å²) in [6.45, 7) is 7.42. The van der Waals surface area contributed by atoms with Gasteiger partial charge in [0.15, 0.2) is 0 Å². The molecule has 2 unspecified atom stereocenters. The highest BCUT2D eigenvalue weighted by molar-refractivity contribution is 5.94. The van der Waals surface area contributed by atoms with E-state index in [-0.39, 0.29) is 24.0 Å². The number of nitrogens with one attached hydrogen (secondary N) is 2. The predicted octanol–water partition coefficient (Wildman–Crippen LogP) is 3.75. The molecular weight excluding hydrogens is 450 g/mol. The summed E-state index contributed by atoms with van der Waals surface area (Å²) in [6.07, 6.45) is 0.452. The summed E-state index contributed by atoms with van der Waals surface area (Å²) < 4.78 is 5.63. The van der Waals surface area contributed by atoms with Crippen LogP contribution in [0.15, 0.2) is 48.5 Å². The number of likely N-dealkylation sites (tertiary alicyclic amines) is 1. The quantitative estimate of drug-likeness (QED) is 0.540. The van der Waals surface area contributed by atoms with E-state index in [1.807, 2.05) is 31.2 Å². The molecule has 0 bridgehead atoms. The monoisotopic (exact) mass is 481 g/mol.